The molecule has 1 aliphatic rings. The van der Waals surface area contributed by atoms with Gasteiger partial charge in [0.05, 0.1) is 29.4 Å². The topological polar surface area (TPSA) is 47.0 Å². The molecule has 0 amide bonds. The third kappa shape index (κ3) is 3.46. The number of ether oxygens (including phenoxy) is 1. The summed E-state index contributed by atoms with van der Waals surface area (Å²) in [6.45, 7) is 0. The first kappa shape index (κ1) is 18.8. The van der Waals surface area contributed by atoms with E-state index < -0.39 is 0 Å². The molecule has 0 unspecified atom stereocenters. The molecule has 5 rings (SSSR count). The molecule has 4 nitrogen and oxygen atoms in total. The lowest BCUT2D eigenvalue weighted by Gasteiger charge is -2.16. The first-order valence-corrected chi connectivity index (χ1v) is 10.2. The Labute approximate surface area is 178 Å². The van der Waals surface area contributed by atoms with Crippen molar-refractivity contribution in [3.05, 3.63) is 77.3 Å². The van der Waals surface area contributed by atoms with E-state index in [0.29, 0.717) is 22.2 Å². The number of hydrogen-bond acceptors (Lipinski definition) is 4. The largest absolute Gasteiger partial charge is 0.496 e. The van der Waals surface area contributed by atoms with E-state index in [1.54, 1.807) is 19.4 Å². The zero-order chi connectivity index (χ0) is 20.7. The van der Waals surface area contributed by atoms with Crippen molar-refractivity contribution in [1.82, 2.24) is 9.97 Å². The molecule has 4 aromatic rings. The Morgan fingerprint density at radius 1 is 1.07 bits per heavy atom. The number of rotatable bonds is 5. The number of pyridine rings is 2. The summed E-state index contributed by atoms with van der Waals surface area (Å²) in [6, 6.07) is 14.1. The molecule has 0 atom stereocenters. The van der Waals surface area contributed by atoms with Crippen molar-refractivity contribution in [2.45, 2.75) is 18.8 Å². The fraction of sp³-hybridized carbons (Fsp3) is 0.167. The molecule has 1 aliphatic carbocycles. The Morgan fingerprint density at radius 2 is 1.93 bits per heavy atom. The molecule has 0 spiro atoms. The number of hydrogen-bond donors (Lipinski definition) is 1. The Morgan fingerprint density at radius 3 is 2.73 bits per heavy atom. The quantitative estimate of drug-likeness (QED) is 0.390. The van der Waals surface area contributed by atoms with E-state index in [-0.39, 0.29) is 5.82 Å². The lowest BCUT2D eigenvalue weighted by Crippen LogP contribution is -2.00. The van der Waals surface area contributed by atoms with Crippen LogP contribution in [0.15, 0.2) is 60.9 Å². The minimum absolute atomic E-state index is 0.354. The van der Waals surface area contributed by atoms with Gasteiger partial charge in [0.15, 0.2) is 0 Å². The molecule has 2 heterocycles. The minimum atomic E-state index is -0.354. The number of benzene rings is 2. The Bertz CT molecular complexity index is 1250. The molecule has 0 saturated heterocycles. The highest BCUT2D eigenvalue weighted by Crippen LogP contribution is 2.45. The van der Waals surface area contributed by atoms with Crippen LogP contribution in [0.2, 0.25) is 5.02 Å². The summed E-state index contributed by atoms with van der Waals surface area (Å²) in [7, 11) is 1.65. The van der Waals surface area contributed by atoms with Gasteiger partial charge in [-0.25, -0.2) is 4.39 Å². The van der Waals surface area contributed by atoms with Gasteiger partial charge in [-0.1, -0.05) is 17.7 Å². The molecule has 0 radical (unpaired) electrons. The van der Waals surface area contributed by atoms with Crippen LogP contribution in [0.3, 0.4) is 0 Å². The van der Waals surface area contributed by atoms with E-state index in [9.17, 15) is 4.39 Å². The van der Waals surface area contributed by atoms with E-state index in [0.717, 1.165) is 46.4 Å². The van der Waals surface area contributed by atoms with Gasteiger partial charge < -0.3 is 10.1 Å². The monoisotopic (exact) mass is 419 g/mol. The van der Waals surface area contributed by atoms with Crippen LogP contribution >= 0.6 is 11.6 Å². The van der Waals surface area contributed by atoms with Gasteiger partial charge in [0.2, 0.25) is 0 Å². The van der Waals surface area contributed by atoms with E-state index in [4.69, 9.17) is 16.3 Å². The average molecular weight is 420 g/mol. The van der Waals surface area contributed by atoms with Crippen molar-refractivity contribution < 1.29 is 9.13 Å². The highest BCUT2D eigenvalue weighted by Gasteiger charge is 2.27. The van der Waals surface area contributed by atoms with E-state index in [1.165, 1.54) is 12.1 Å². The number of halogens is 2. The number of nitrogens with one attached hydrogen (secondary N) is 1. The zero-order valence-electron chi connectivity index (χ0n) is 16.3. The van der Waals surface area contributed by atoms with Crippen LogP contribution in [0, 0.1) is 5.82 Å². The second kappa shape index (κ2) is 7.58. The molecule has 30 heavy (non-hydrogen) atoms. The van der Waals surface area contributed by atoms with Gasteiger partial charge >= 0.3 is 0 Å². The maximum atomic E-state index is 14.4. The zero-order valence-corrected chi connectivity index (χ0v) is 17.1. The van der Waals surface area contributed by atoms with Crippen LogP contribution in [0.4, 0.5) is 15.8 Å². The predicted octanol–water partition coefficient (Wildman–Crippen LogP) is 6.72. The molecule has 0 bridgehead atoms. The average Bonchev–Trinajstić information content (AvgIpc) is 3.60. The third-order valence-electron chi connectivity index (χ3n) is 5.37. The molecule has 6 heteroatoms. The maximum absolute atomic E-state index is 14.4. The standard InChI is InChI=1S/C24H19ClFN3O/c1-30-23-4-2-3-19-24(23)20(9-10-27-19)29-22-12-21(28-13-17(22)14-5-6-14)16-11-15(25)7-8-18(16)26/h2-4,7-14H,5-6H2,1H3,(H,27,28,29). The fourth-order valence-electron chi connectivity index (χ4n) is 3.73. The number of fused-ring (bicyclic) bond motifs is 1. The van der Waals surface area contributed by atoms with Gasteiger partial charge in [-0.15, -0.1) is 0 Å². The summed E-state index contributed by atoms with van der Waals surface area (Å²) in [6.07, 6.45) is 5.86. The summed E-state index contributed by atoms with van der Waals surface area (Å²) < 4.78 is 20.0. The second-order valence-corrected chi connectivity index (χ2v) is 7.83. The van der Waals surface area contributed by atoms with Crippen LogP contribution in [-0.4, -0.2) is 17.1 Å². The molecule has 2 aromatic heterocycles. The van der Waals surface area contributed by atoms with Gasteiger partial charge in [0.25, 0.3) is 0 Å². The van der Waals surface area contributed by atoms with Crippen molar-refractivity contribution >= 4 is 33.9 Å². The number of nitrogens with zero attached hydrogens (tertiary/aromatic N) is 2. The summed E-state index contributed by atoms with van der Waals surface area (Å²) in [4.78, 5) is 8.99. The van der Waals surface area contributed by atoms with Gasteiger partial charge in [-0.05, 0) is 66.8 Å². The van der Waals surface area contributed by atoms with Gasteiger partial charge in [0, 0.05) is 28.7 Å². The molecule has 0 aliphatic heterocycles. The smallest absolute Gasteiger partial charge is 0.132 e. The van der Waals surface area contributed by atoms with Crippen molar-refractivity contribution in [3.8, 4) is 17.0 Å². The number of methoxy groups -OCH3 is 1. The molecule has 1 N–H and O–H groups in total. The maximum Gasteiger partial charge on any atom is 0.132 e. The van der Waals surface area contributed by atoms with Gasteiger partial charge in [-0.3, -0.25) is 9.97 Å². The number of aromatic nitrogens is 2. The highest BCUT2D eigenvalue weighted by atomic mass is 35.5. The lowest BCUT2D eigenvalue weighted by molar-refractivity contribution is 0.420. The second-order valence-electron chi connectivity index (χ2n) is 7.39. The van der Waals surface area contributed by atoms with Crippen molar-refractivity contribution in [3.63, 3.8) is 0 Å². The molecule has 2 aromatic carbocycles. The molecular weight excluding hydrogens is 401 g/mol. The van der Waals surface area contributed by atoms with Crippen LogP contribution in [-0.2, 0) is 0 Å². The minimum Gasteiger partial charge on any atom is -0.496 e. The fourth-order valence-corrected chi connectivity index (χ4v) is 3.90. The highest BCUT2D eigenvalue weighted by molar-refractivity contribution is 6.30. The van der Waals surface area contributed by atoms with Crippen LogP contribution in [0.1, 0.15) is 24.3 Å². The summed E-state index contributed by atoms with van der Waals surface area (Å²) in [5.41, 5.74) is 4.66. The van der Waals surface area contributed by atoms with E-state index >= 15 is 0 Å². The van der Waals surface area contributed by atoms with Crippen LogP contribution in [0.25, 0.3) is 22.2 Å². The Balaban J connectivity index is 1.64. The summed E-state index contributed by atoms with van der Waals surface area (Å²) in [5.74, 6) is 0.854. The number of anilines is 2. The first-order chi connectivity index (χ1) is 14.6. The molecule has 1 fully saturated rings. The summed E-state index contributed by atoms with van der Waals surface area (Å²) >= 11 is 6.10. The molecular formula is C24H19ClFN3O. The Kier molecular flexibility index (Phi) is 4.75. The van der Waals surface area contributed by atoms with Gasteiger partial charge in [-0.2, -0.15) is 0 Å². The van der Waals surface area contributed by atoms with Crippen molar-refractivity contribution in [1.29, 1.82) is 0 Å². The normalized spacial score (nSPS) is 13.4. The van der Waals surface area contributed by atoms with Crippen LogP contribution < -0.4 is 10.1 Å². The van der Waals surface area contributed by atoms with Crippen LogP contribution in [0.5, 0.6) is 5.75 Å². The predicted molar refractivity (Wildman–Crippen MR) is 118 cm³/mol. The SMILES string of the molecule is COc1cccc2nccc(Nc3cc(-c4cc(Cl)ccc4F)ncc3C3CC3)c12. The Hall–Kier alpha value is -3.18. The first-order valence-electron chi connectivity index (χ1n) is 9.78. The van der Waals surface area contributed by atoms with E-state index in [1.807, 2.05) is 36.5 Å². The summed E-state index contributed by atoms with van der Waals surface area (Å²) in [5, 5.41) is 4.91. The third-order valence-corrected chi connectivity index (χ3v) is 5.61. The van der Waals surface area contributed by atoms with E-state index in [2.05, 4.69) is 15.3 Å². The van der Waals surface area contributed by atoms with Crippen molar-refractivity contribution in [2.75, 3.05) is 12.4 Å². The molecule has 150 valence electrons. The lowest BCUT2D eigenvalue weighted by atomic mass is 10.1. The van der Waals surface area contributed by atoms with Crippen molar-refractivity contribution in [2.24, 2.45) is 0 Å². The molecule has 1 saturated carbocycles. The van der Waals surface area contributed by atoms with Gasteiger partial charge in [0.1, 0.15) is 11.6 Å².